The van der Waals surface area contributed by atoms with Gasteiger partial charge in [-0.2, -0.15) is 5.10 Å². The highest BCUT2D eigenvalue weighted by atomic mass is 32.1. The number of carbonyl (C=O) groups excluding carboxylic acids is 1. The average Bonchev–Trinajstić information content (AvgIpc) is 3.12. The van der Waals surface area contributed by atoms with Crippen LogP contribution in [-0.4, -0.2) is 20.7 Å². The van der Waals surface area contributed by atoms with E-state index in [1.54, 1.807) is 29.2 Å². The number of anilines is 1. The molecule has 20 heavy (non-hydrogen) atoms. The maximum atomic E-state index is 12.0. The smallest absolute Gasteiger partial charge is 0.293 e. The summed E-state index contributed by atoms with van der Waals surface area (Å²) in [6, 6.07) is 5.25. The third kappa shape index (κ3) is 2.77. The summed E-state index contributed by atoms with van der Waals surface area (Å²) in [5.41, 5.74) is 0. The quantitative estimate of drug-likeness (QED) is 0.800. The molecule has 0 atom stereocenters. The van der Waals surface area contributed by atoms with Crippen LogP contribution in [0.25, 0.3) is 0 Å². The lowest BCUT2D eigenvalue weighted by atomic mass is 10.4. The minimum atomic E-state index is -0.300. The lowest BCUT2D eigenvalue weighted by Crippen LogP contribution is -2.10. The van der Waals surface area contributed by atoms with Gasteiger partial charge in [-0.1, -0.05) is 0 Å². The number of aryl methyl sites for hydroxylation is 1. The molecule has 3 rings (SSSR count). The zero-order valence-electron chi connectivity index (χ0n) is 10.7. The highest BCUT2D eigenvalue weighted by Gasteiger charge is 2.13. The number of rotatable bonds is 4. The van der Waals surface area contributed by atoms with Crippen LogP contribution < -0.4 is 5.32 Å². The van der Waals surface area contributed by atoms with Crippen LogP contribution in [0.4, 0.5) is 5.13 Å². The van der Waals surface area contributed by atoms with E-state index in [4.69, 9.17) is 4.42 Å². The van der Waals surface area contributed by atoms with Gasteiger partial charge in [0.25, 0.3) is 5.91 Å². The molecule has 7 heteroatoms. The molecule has 3 aromatic heterocycles. The molecule has 3 heterocycles. The molecule has 0 aromatic carbocycles. The van der Waals surface area contributed by atoms with Crippen LogP contribution >= 0.6 is 11.3 Å². The maximum absolute atomic E-state index is 12.0. The van der Waals surface area contributed by atoms with Crippen molar-refractivity contribution in [1.29, 1.82) is 0 Å². The van der Waals surface area contributed by atoms with E-state index in [0.717, 1.165) is 4.88 Å². The van der Waals surface area contributed by atoms with E-state index in [0.29, 0.717) is 17.4 Å². The number of aromatic nitrogens is 3. The largest absolute Gasteiger partial charge is 0.454 e. The van der Waals surface area contributed by atoms with E-state index in [-0.39, 0.29) is 11.7 Å². The van der Waals surface area contributed by atoms with Gasteiger partial charge in [0.05, 0.1) is 6.54 Å². The lowest BCUT2D eigenvalue weighted by molar-refractivity contribution is 0.0994. The fourth-order valence-electron chi connectivity index (χ4n) is 1.71. The number of furan rings is 1. The average molecular weight is 288 g/mol. The van der Waals surface area contributed by atoms with Crippen LogP contribution in [0.2, 0.25) is 0 Å². The Bertz CT molecular complexity index is 714. The topological polar surface area (TPSA) is 73.0 Å². The molecule has 3 aromatic rings. The Hall–Kier alpha value is -2.41. The Kier molecular flexibility index (Phi) is 3.34. The van der Waals surface area contributed by atoms with E-state index in [2.05, 4.69) is 15.4 Å². The van der Waals surface area contributed by atoms with Gasteiger partial charge in [-0.3, -0.25) is 14.8 Å². The predicted octanol–water partition coefficient (Wildman–Crippen LogP) is 2.54. The van der Waals surface area contributed by atoms with E-state index < -0.39 is 0 Å². The first kappa shape index (κ1) is 12.6. The van der Waals surface area contributed by atoms with E-state index >= 15 is 0 Å². The normalized spacial score (nSPS) is 10.7. The molecule has 0 aliphatic carbocycles. The van der Waals surface area contributed by atoms with E-state index in [1.165, 1.54) is 11.3 Å². The van der Waals surface area contributed by atoms with Crippen LogP contribution in [0.3, 0.4) is 0 Å². The van der Waals surface area contributed by atoms with Crippen LogP contribution in [0.5, 0.6) is 0 Å². The van der Waals surface area contributed by atoms with Gasteiger partial charge in [0.2, 0.25) is 0 Å². The monoisotopic (exact) mass is 288 g/mol. The van der Waals surface area contributed by atoms with E-state index in [1.807, 2.05) is 19.2 Å². The van der Waals surface area contributed by atoms with Crippen molar-refractivity contribution in [1.82, 2.24) is 14.8 Å². The summed E-state index contributed by atoms with van der Waals surface area (Å²) in [5.74, 6) is 0.639. The van der Waals surface area contributed by atoms with Crippen molar-refractivity contribution in [2.45, 2.75) is 13.5 Å². The van der Waals surface area contributed by atoms with Gasteiger partial charge in [0, 0.05) is 23.5 Å². The Labute approximate surface area is 119 Å². The van der Waals surface area contributed by atoms with E-state index in [9.17, 15) is 4.79 Å². The first-order valence-electron chi connectivity index (χ1n) is 6.00. The number of carbonyl (C=O) groups is 1. The molecule has 6 nitrogen and oxygen atoms in total. The Morgan fingerprint density at radius 2 is 2.40 bits per heavy atom. The molecule has 0 radical (unpaired) electrons. The summed E-state index contributed by atoms with van der Waals surface area (Å²) in [4.78, 5) is 17.1. The second-order valence-electron chi connectivity index (χ2n) is 4.20. The number of nitrogens with one attached hydrogen (secondary N) is 1. The summed E-state index contributed by atoms with van der Waals surface area (Å²) in [7, 11) is 0. The van der Waals surface area contributed by atoms with Crippen molar-refractivity contribution >= 4 is 22.4 Å². The first-order chi connectivity index (χ1) is 9.70. The highest BCUT2D eigenvalue weighted by Crippen LogP contribution is 2.18. The Morgan fingerprint density at radius 3 is 3.10 bits per heavy atom. The van der Waals surface area contributed by atoms with Crippen molar-refractivity contribution in [3.05, 3.63) is 53.2 Å². The van der Waals surface area contributed by atoms with Gasteiger partial charge in [0.1, 0.15) is 5.76 Å². The molecule has 0 bridgehead atoms. The standard InChI is InChI=1S/C13H12N4O2S/c1-9-7-14-13(20-9)16-12(18)11-4-3-10(19-11)8-17-6-2-5-15-17/h2-7H,8H2,1H3,(H,14,16,18). The van der Waals surface area contributed by atoms with Crippen molar-refractivity contribution in [2.24, 2.45) is 0 Å². The molecule has 0 saturated heterocycles. The summed E-state index contributed by atoms with van der Waals surface area (Å²) in [6.45, 7) is 2.43. The molecular weight excluding hydrogens is 276 g/mol. The fourth-order valence-corrected chi connectivity index (χ4v) is 2.37. The number of hydrogen-bond donors (Lipinski definition) is 1. The molecule has 0 aliphatic heterocycles. The van der Waals surface area contributed by atoms with Crippen LogP contribution in [0.15, 0.2) is 41.2 Å². The van der Waals surface area contributed by atoms with Gasteiger partial charge >= 0.3 is 0 Å². The minimum absolute atomic E-state index is 0.264. The fraction of sp³-hybridized carbons (Fsp3) is 0.154. The van der Waals surface area contributed by atoms with Crippen LogP contribution in [0, 0.1) is 6.92 Å². The van der Waals surface area contributed by atoms with Gasteiger partial charge in [0.15, 0.2) is 10.9 Å². The number of amides is 1. The van der Waals surface area contributed by atoms with Gasteiger partial charge in [-0.15, -0.1) is 11.3 Å². The van der Waals surface area contributed by atoms with Gasteiger partial charge in [-0.05, 0) is 25.1 Å². The third-order valence-corrected chi connectivity index (χ3v) is 3.43. The van der Waals surface area contributed by atoms with Gasteiger partial charge < -0.3 is 4.42 Å². The molecular formula is C13H12N4O2S. The van der Waals surface area contributed by atoms with Crippen LogP contribution in [0.1, 0.15) is 21.2 Å². The summed E-state index contributed by atoms with van der Waals surface area (Å²) >= 11 is 1.42. The minimum Gasteiger partial charge on any atom is -0.454 e. The molecule has 0 spiro atoms. The SMILES string of the molecule is Cc1cnc(NC(=O)c2ccc(Cn3cccn3)o2)s1. The molecule has 1 amide bonds. The molecule has 1 N–H and O–H groups in total. The van der Waals surface area contributed by atoms with Crippen molar-refractivity contribution in [3.63, 3.8) is 0 Å². The zero-order chi connectivity index (χ0) is 13.9. The van der Waals surface area contributed by atoms with Gasteiger partial charge in [-0.25, -0.2) is 4.98 Å². The molecule has 102 valence electrons. The second-order valence-corrected chi connectivity index (χ2v) is 5.43. The first-order valence-corrected chi connectivity index (χ1v) is 6.82. The highest BCUT2D eigenvalue weighted by molar-refractivity contribution is 7.15. The van der Waals surface area contributed by atoms with Crippen LogP contribution in [-0.2, 0) is 6.54 Å². The second kappa shape index (κ2) is 5.30. The maximum Gasteiger partial charge on any atom is 0.293 e. The molecule has 0 aliphatic rings. The molecule has 0 saturated carbocycles. The Morgan fingerprint density at radius 1 is 1.50 bits per heavy atom. The number of thiazole rings is 1. The number of hydrogen-bond acceptors (Lipinski definition) is 5. The summed E-state index contributed by atoms with van der Waals surface area (Å²) in [6.07, 6.45) is 5.24. The third-order valence-electron chi connectivity index (χ3n) is 2.60. The summed E-state index contributed by atoms with van der Waals surface area (Å²) in [5, 5.41) is 7.35. The summed E-state index contributed by atoms with van der Waals surface area (Å²) < 4.78 is 7.23. The molecule has 0 unspecified atom stereocenters. The zero-order valence-corrected chi connectivity index (χ0v) is 11.6. The Balaban J connectivity index is 1.68. The van der Waals surface area contributed by atoms with Crippen molar-refractivity contribution in [3.8, 4) is 0 Å². The number of nitrogens with zero attached hydrogens (tertiary/aromatic N) is 3. The predicted molar refractivity (Wildman–Crippen MR) is 74.8 cm³/mol. The van der Waals surface area contributed by atoms with Crippen molar-refractivity contribution in [2.75, 3.05) is 5.32 Å². The molecule has 0 fully saturated rings. The lowest BCUT2D eigenvalue weighted by Gasteiger charge is -1.99. The van der Waals surface area contributed by atoms with Crippen molar-refractivity contribution < 1.29 is 9.21 Å².